The summed E-state index contributed by atoms with van der Waals surface area (Å²) in [5, 5.41) is 3.16. The fourth-order valence-electron chi connectivity index (χ4n) is 2.66. The van der Waals surface area contributed by atoms with E-state index in [0.29, 0.717) is 25.2 Å². The maximum atomic E-state index is 6.06. The molecule has 19 heavy (non-hydrogen) atoms. The Morgan fingerprint density at radius 2 is 2.16 bits per heavy atom. The van der Waals surface area contributed by atoms with E-state index in [9.17, 15) is 0 Å². The van der Waals surface area contributed by atoms with Crippen molar-refractivity contribution in [3.05, 3.63) is 0 Å². The first-order valence-corrected chi connectivity index (χ1v) is 7.52. The van der Waals surface area contributed by atoms with Crippen molar-refractivity contribution in [2.75, 3.05) is 13.2 Å². The first-order chi connectivity index (χ1) is 9.13. The first-order valence-electron chi connectivity index (χ1n) is 7.52. The molecule has 0 radical (unpaired) electrons. The van der Waals surface area contributed by atoms with Gasteiger partial charge in [-0.15, -0.1) is 0 Å². The lowest BCUT2D eigenvalue weighted by atomic mass is 9.94. The Hall–Kier alpha value is -0.810. The quantitative estimate of drug-likeness (QED) is 0.603. The van der Waals surface area contributed by atoms with E-state index >= 15 is 0 Å². The van der Waals surface area contributed by atoms with Gasteiger partial charge in [0.25, 0.3) is 0 Å². The summed E-state index contributed by atoms with van der Waals surface area (Å²) in [6.07, 6.45) is 6.82. The van der Waals surface area contributed by atoms with E-state index in [0.717, 1.165) is 19.3 Å². The second-order valence-electron chi connectivity index (χ2n) is 5.70. The highest BCUT2D eigenvalue weighted by Gasteiger charge is 2.41. The molecule has 2 rings (SSSR count). The van der Waals surface area contributed by atoms with E-state index in [1.165, 1.54) is 19.3 Å². The van der Waals surface area contributed by atoms with Gasteiger partial charge in [-0.2, -0.15) is 0 Å². The Morgan fingerprint density at radius 1 is 1.42 bits per heavy atom. The van der Waals surface area contributed by atoms with Gasteiger partial charge < -0.3 is 20.5 Å². The summed E-state index contributed by atoms with van der Waals surface area (Å²) in [5.41, 5.74) is 5.84. The molecule has 1 saturated heterocycles. The number of hydrogen-bond donors (Lipinski definition) is 2. The molecule has 2 fully saturated rings. The van der Waals surface area contributed by atoms with Crippen LogP contribution >= 0.6 is 0 Å². The van der Waals surface area contributed by atoms with Crippen LogP contribution < -0.4 is 11.1 Å². The van der Waals surface area contributed by atoms with E-state index in [4.69, 9.17) is 15.2 Å². The van der Waals surface area contributed by atoms with Crippen LogP contribution in [0.15, 0.2) is 4.99 Å². The highest BCUT2D eigenvalue weighted by Crippen LogP contribution is 2.37. The van der Waals surface area contributed by atoms with Gasteiger partial charge in [0, 0.05) is 18.9 Å². The molecule has 1 saturated carbocycles. The standard InChI is InChI=1S/C14H27N3O2/c1-3-11(2)17-13(15)16-9-12-10-18-14(19-12)7-5-4-6-8-14/h11-12H,3-10H2,1-2H3,(H3,15,16,17). The zero-order chi connectivity index (χ0) is 13.7. The molecule has 2 unspecified atom stereocenters. The van der Waals surface area contributed by atoms with Gasteiger partial charge in [0.15, 0.2) is 11.7 Å². The van der Waals surface area contributed by atoms with Crippen LogP contribution in [0.1, 0.15) is 52.4 Å². The molecule has 1 aliphatic heterocycles. The molecule has 1 heterocycles. The summed E-state index contributed by atoms with van der Waals surface area (Å²) in [4.78, 5) is 4.35. The van der Waals surface area contributed by atoms with Crippen molar-refractivity contribution in [2.24, 2.45) is 10.7 Å². The third-order valence-electron chi connectivity index (χ3n) is 4.00. The van der Waals surface area contributed by atoms with Crippen LogP contribution in [0.4, 0.5) is 0 Å². The van der Waals surface area contributed by atoms with Gasteiger partial charge in [-0.3, -0.25) is 4.99 Å². The topological polar surface area (TPSA) is 68.9 Å². The van der Waals surface area contributed by atoms with Crippen molar-refractivity contribution in [1.82, 2.24) is 5.32 Å². The maximum absolute atomic E-state index is 6.06. The average Bonchev–Trinajstić information content (AvgIpc) is 2.80. The Balaban J connectivity index is 1.77. The number of aliphatic imine (C=N–C) groups is 1. The van der Waals surface area contributed by atoms with Gasteiger partial charge in [-0.25, -0.2) is 0 Å². The summed E-state index contributed by atoms with van der Waals surface area (Å²) in [7, 11) is 0. The number of nitrogens with two attached hydrogens (primary N) is 1. The second kappa shape index (κ2) is 6.57. The van der Waals surface area contributed by atoms with Crippen LogP contribution in [0.5, 0.6) is 0 Å². The Bertz CT molecular complexity index is 314. The van der Waals surface area contributed by atoms with Crippen molar-refractivity contribution in [1.29, 1.82) is 0 Å². The third kappa shape index (κ3) is 4.08. The van der Waals surface area contributed by atoms with Crippen LogP contribution in [0.25, 0.3) is 0 Å². The Morgan fingerprint density at radius 3 is 2.84 bits per heavy atom. The van der Waals surface area contributed by atoms with E-state index in [2.05, 4.69) is 24.2 Å². The third-order valence-corrected chi connectivity index (χ3v) is 4.00. The summed E-state index contributed by atoms with van der Waals surface area (Å²) < 4.78 is 11.9. The number of nitrogens with one attached hydrogen (secondary N) is 1. The molecular weight excluding hydrogens is 242 g/mol. The lowest BCUT2D eigenvalue weighted by Gasteiger charge is -2.31. The predicted molar refractivity (Wildman–Crippen MR) is 76.0 cm³/mol. The summed E-state index contributed by atoms with van der Waals surface area (Å²) in [6, 6.07) is 0.356. The van der Waals surface area contributed by atoms with E-state index in [-0.39, 0.29) is 11.9 Å². The van der Waals surface area contributed by atoms with Crippen LogP contribution in [-0.2, 0) is 9.47 Å². The molecule has 2 aliphatic rings. The number of rotatable bonds is 4. The zero-order valence-corrected chi connectivity index (χ0v) is 12.2. The number of ether oxygens (including phenoxy) is 2. The minimum atomic E-state index is -0.308. The van der Waals surface area contributed by atoms with Crippen molar-refractivity contribution in [3.63, 3.8) is 0 Å². The van der Waals surface area contributed by atoms with Crippen molar-refractivity contribution < 1.29 is 9.47 Å². The smallest absolute Gasteiger partial charge is 0.188 e. The molecule has 5 nitrogen and oxygen atoms in total. The van der Waals surface area contributed by atoms with Crippen LogP contribution in [0.3, 0.4) is 0 Å². The van der Waals surface area contributed by atoms with E-state index in [1.807, 2.05) is 0 Å². The second-order valence-corrected chi connectivity index (χ2v) is 5.70. The van der Waals surface area contributed by atoms with Crippen molar-refractivity contribution >= 4 is 5.96 Å². The number of nitrogens with zero attached hydrogens (tertiary/aromatic N) is 1. The van der Waals surface area contributed by atoms with Crippen molar-refractivity contribution in [2.45, 2.75) is 70.3 Å². The minimum absolute atomic E-state index is 0.0513. The average molecular weight is 269 g/mol. The fraction of sp³-hybridized carbons (Fsp3) is 0.929. The zero-order valence-electron chi connectivity index (χ0n) is 12.2. The van der Waals surface area contributed by atoms with E-state index < -0.39 is 0 Å². The van der Waals surface area contributed by atoms with Crippen LogP contribution in [0.2, 0.25) is 0 Å². The fourth-order valence-corrected chi connectivity index (χ4v) is 2.66. The highest BCUT2D eigenvalue weighted by atomic mass is 16.7. The molecule has 2 atom stereocenters. The minimum Gasteiger partial charge on any atom is -0.370 e. The molecule has 0 aromatic carbocycles. The van der Waals surface area contributed by atoms with Gasteiger partial charge >= 0.3 is 0 Å². The molecule has 5 heteroatoms. The van der Waals surface area contributed by atoms with Gasteiger partial charge in [0.2, 0.25) is 0 Å². The first kappa shape index (κ1) is 14.6. The maximum Gasteiger partial charge on any atom is 0.188 e. The summed E-state index contributed by atoms with van der Waals surface area (Å²) >= 11 is 0. The predicted octanol–water partition coefficient (Wildman–Crippen LogP) is 1.76. The molecule has 0 amide bonds. The summed E-state index contributed by atoms with van der Waals surface area (Å²) in [6.45, 7) is 5.43. The van der Waals surface area contributed by atoms with Gasteiger partial charge in [0.1, 0.15) is 6.10 Å². The number of hydrogen-bond acceptors (Lipinski definition) is 3. The number of guanidine groups is 1. The molecule has 1 aliphatic carbocycles. The summed E-state index contributed by atoms with van der Waals surface area (Å²) in [5.74, 6) is 0.194. The van der Waals surface area contributed by atoms with Gasteiger partial charge in [0.05, 0.1) is 13.2 Å². The Kier molecular flexibility index (Phi) is 5.05. The van der Waals surface area contributed by atoms with Crippen molar-refractivity contribution in [3.8, 4) is 0 Å². The van der Waals surface area contributed by atoms with Gasteiger partial charge in [-0.1, -0.05) is 13.3 Å². The highest BCUT2D eigenvalue weighted by molar-refractivity contribution is 5.78. The normalized spacial score (nSPS) is 28.5. The lowest BCUT2D eigenvalue weighted by molar-refractivity contribution is -0.186. The monoisotopic (exact) mass is 269 g/mol. The van der Waals surface area contributed by atoms with Crippen LogP contribution in [0, 0.1) is 0 Å². The molecule has 0 bridgehead atoms. The largest absolute Gasteiger partial charge is 0.370 e. The Labute approximate surface area is 115 Å². The molecule has 0 aromatic heterocycles. The van der Waals surface area contributed by atoms with Crippen LogP contribution in [-0.4, -0.2) is 37.0 Å². The molecule has 110 valence electrons. The van der Waals surface area contributed by atoms with Gasteiger partial charge in [-0.05, 0) is 26.2 Å². The molecule has 3 N–H and O–H groups in total. The lowest BCUT2D eigenvalue weighted by Crippen LogP contribution is -2.39. The molecular formula is C14H27N3O2. The SMILES string of the molecule is CCC(C)NC(N)=NCC1COC2(CCCCC2)O1. The molecule has 0 aromatic rings. The molecule has 1 spiro atoms. The van der Waals surface area contributed by atoms with E-state index in [1.54, 1.807) is 0 Å².